The highest BCUT2D eigenvalue weighted by atomic mass is 19.4. The minimum atomic E-state index is -4.33. The third-order valence-electron chi connectivity index (χ3n) is 3.04. The van der Waals surface area contributed by atoms with Crippen molar-refractivity contribution in [1.29, 1.82) is 0 Å². The minimum Gasteiger partial charge on any atom is -0.373 e. The van der Waals surface area contributed by atoms with E-state index in [1.807, 2.05) is 6.92 Å². The zero-order valence-corrected chi connectivity index (χ0v) is 11.6. The van der Waals surface area contributed by atoms with Gasteiger partial charge in [-0.1, -0.05) is 12.1 Å². The molecular weight excluding hydrogens is 281 g/mol. The maximum Gasteiger partial charge on any atom is 0.416 e. The summed E-state index contributed by atoms with van der Waals surface area (Å²) in [5.41, 5.74) is 0.693. The lowest BCUT2D eigenvalue weighted by Crippen LogP contribution is -2.08. The Labute approximate surface area is 120 Å². The van der Waals surface area contributed by atoms with Crippen LogP contribution >= 0.6 is 0 Å². The summed E-state index contributed by atoms with van der Waals surface area (Å²) >= 11 is 0. The first kappa shape index (κ1) is 15.1. The molecule has 0 saturated carbocycles. The topological polar surface area (TPSA) is 49.8 Å². The molecule has 0 spiro atoms. The van der Waals surface area contributed by atoms with E-state index in [4.69, 9.17) is 0 Å². The molecule has 0 aliphatic carbocycles. The minimum absolute atomic E-state index is 0.255. The SMILES string of the molecule is CNc1ncnc(NCc2cccc(C(F)(F)F)c2)c1C. The van der Waals surface area contributed by atoms with Crippen LogP contribution in [0.25, 0.3) is 0 Å². The van der Waals surface area contributed by atoms with Gasteiger partial charge in [-0.05, 0) is 24.6 Å². The number of benzene rings is 1. The van der Waals surface area contributed by atoms with Crippen molar-refractivity contribution in [3.05, 3.63) is 47.3 Å². The fourth-order valence-corrected chi connectivity index (χ4v) is 1.92. The first-order valence-corrected chi connectivity index (χ1v) is 6.31. The van der Waals surface area contributed by atoms with Gasteiger partial charge in [0.15, 0.2) is 0 Å². The van der Waals surface area contributed by atoms with Gasteiger partial charge in [0.2, 0.25) is 0 Å². The van der Waals surface area contributed by atoms with Gasteiger partial charge in [0, 0.05) is 19.2 Å². The van der Waals surface area contributed by atoms with E-state index in [1.54, 1.807) is 13.1 Å². The van der Waals surface area contributed by atoms with Gasteiger partial charge >= 0.3 is 6.18 Å². The largest absolute Gasteiger partial charge is 0.416 e. The number of nitrogens with zero attached hydrogens (tertiary/aromatic N) is 2. The smallest absolute Gasteiger partial charge is 0.373 e. The second-order valence-corrected chi connectivity index (χ2v) is 4.50. The van der Waals surface area contributed by atoms with Gasteiger partial charge in [0.1, 0.15) is 18.0 Å². The summed E-state index contributed by atoms with van der Waals surface area (Å²) in [5, 5.41) is 5.95. The van der Waals surface area contributed by atoms with Crippen LogP contribution in [0.2, 0.25) is 0 Å². The van der Waals surface area contributed by atoms with Crippen LogP contribution in [0.5, 0.6) is 0 Å². The van der Waals surface area contributed by atoms with Crippen molar-refractivity contribution in [2.24, 2.45) is 0 Å². The zero-order valence-electron chi connectivity index (χ0n) is 11.6. The summed E-state index contributed by atoms with van der Waals surface area (Å²) in [6, 6.07) is 5.21. The maximum absolute atomic E-state index is 12.6. The molecule has 4 nitrogen and oxygen atoms in total. The van der Waals surface area contributed by atoms with Gasteiger partial charge in [-0.15, -0.1) is 0 Å². The van der Waals surface area contributed by atoms with Crippen molar-refractivity contribution in [2.45, 2.75) is 19.6 Å². The zero-order chi connectivity index (χ0) is 15.5. The highest BCUT2D eigenvalue weighted by molar-refractivity contribution is 5.56. The Kier molecular flexibility index (Phi) is 4.30. The number of rotatable bonds is 4. The van der Waals surface area contributed by atoms with Crippen molar-refractivity contribution < 1.29 is 13.2 Å². The van der Waals surface area contributed by atoms with E-state index in [1.165, 1.54) is 12.4 Å². The molecule has 7 heteroatoms. The molecule has 2 aromatic rings. The number of aromatic nitrogens is 2. The maximum atomic E-state index is 12.6. The van der Waals surface area contributed by atoms with Crippen molar-refractivity contribution >= 4 is 11.6 Å². The number of nitrogens with one attached hydrogen (secondary N) is 2. The van der Waals surface area contributed by atoms with Gasteiger partial charge in [-0.25, -0.2) is 9.97 Å². The summed E-state index contributed by atoms with van der Waals surface area (Å²) in [5.74, 6) is 1.27. The summed E-state index contributed by atoms with van der Waals surface area (Å²) in [4.78, 5) is 8.14. The molecule has 0 bridgehead atoms. The average molecular weight is 296 g/mol. The van der Waals surface area contributed by atoms with Crippen LogP contribution in [-0.2, 0) is 12.7 Å². The molecule has 0 aliphatic heterocycles. The lowest BCUT2D eigenvalue weighted by Gasteiger charge is -2.12. The molecule has 0 fully saturated rings. The van der Waals surface area contributed by atoms with E-state index < -0.39 is 11.7 Å². The Hall–Kier alpha value is -2.31. The van der Waals surface area contributed by atoms with Crippen LogP contribution in [0.15, 0.2) is 30.6 Å². The molecule has 1 aromatic carbocycles. The third-order valence-corrected chi connectivity index (χ3v) is 3.04. The molecule has 0 radical (unpaired) electrons. The Morgan fingerprint density at radius 3 is 2.52 bits per heavy atom. The number of anilines is 2. The second-order valence-electron chi connectivity index (χ2n) is 4.50. The van der Waals surface area contributed by atoms with E-state index in [0.717, 1.165) is 17.7 Å². The number of hydrogen-bond acceptors (Lipinski definition) is 4. The Balaban J connectivity index is 2.14. The highest BCUT2D eigenvalue weighted by Gasteiger charge is 2.30. The van der Waals surface area contributed by atoms with E-state index in [0.29, 0.717) is 17.2 Å². The van der Waals surface area contributed by atoms with Crippen LogP contribution in [0.1, 0.15) is 16.7 Å². The lowest BCUT2D eigenvalue weighted by molar-refractivity contribution is -0.137. The van der Waals surface area contributed by atoms with Crippen molar-refractivity contribution in [2.75, 3.05) is 17.7 Å². The van der Waals surface area contributed by atoms with Crippen molar-refractivity contribution in [1.82, 2.24) is 9.97 Å². The fourth-order valence-electron chi connectivity index (χ4n) is 1.92. The Morgan fingerprint density at radius 1 is 1.14 bits per heavy atom. The lowest BCUT2D eigenvalue weighted by atomic mass is 10.1. The first-order valence-electron chi connectivity index (χ1n) is 6.31. The Morgan fingerprint density at radius 2 is 1.86 bits per heavy atom. The predicted molar refractivity (Wildman–Crippen MR) is 75.1 cm³/mol. The standard InChI is InChI=1S/C14H15F3N4/c1-9-12(18-2)20-8-21-13(9)19-7-10-4-3-5-11(6-10)14(15,16)17/h3-6,8H,7H2,1-2H3,(H2,18,19,20,21). The molecule has 1 aromatic heterocycles. The van der Waals surface area contributed by atoms with Crippen molar-refractivity contribution in [3.63, 3.8) is 0 Å². The van der Waals surface area contributed by atoms with Crippen LogP contribution in [0, 0.1) is 6.92 Å². The van der Waals surface area contributed by atoms with Crippen LogP contribution in [0.3, 0.4) is 0 Å². The summed E-state index contributed by atoms with van der Waals surface area (Å²) in [6.45, 7) is 2.09. The molecule has 0 atom stereocenters. The average Bonchev–Trinajstić information content (AvgIpc) is 2.45. The molecule has 21 heavy (non-hydrogen) atoms. The van der Waals surface area contributed by atoms with E-state index in [9.17, 15) is 13.2 Å². The number of alkyl halides is 3. The molecule has 2 N–H and O–H groups in total. The first-order chi connectivity index (χ1) is 9.91. The van der Waals surface area contributed by atoms with Crippen LogP contribution in [0.4, 0.5) is 24.8 Å². The van der Waals surface area contributed by atoms with Gasteiger partial charge in [0.05, 0.1) is 5.56 Å². The molecule has 1 heterocycles. The van der Waals surface area contributed by atoms with E-state index in [2.05, 4.69) is 20.6 Å². The number of hydrogen-bond donors (Lipinski definition) is 2. The molecular formula is C14H15F3N4. The molecule has 0 aliphatic rings. The molecule has 0 saturated heterocycles. The molecule has 0 amide bonds. The number of halogens is 3. The van der Waals surface area contributed by atoms with Gasteiger partial charge < -0.3 is 10.6 Å². The van der Waals surface area contributed by atoms with Crippen LogP contribution < -0.4 is 10.6 Å². The van der Waals surface area contributed by atoms with Crippen LogP contribution in [-0.4, -0.2) is 17.0 Å². The third kappa shape index (κ3) is 3.62. The van der Waals surface area contributed by atoms with Crippen molar-refractivity contribution in [3.8, 4) is 0 Å². The summed E-state index contributed by atoms with van der Waals surface area (Å²) in [7, 11) is 1.74. The predicted octanol–water partition coefficient (Wildman–Crippen LogP) is 3.46. The van der Waals surface area contributed by atoms with Gasteiger partial charge in [-0.2, -0.15) is 13.2 Å². The van der Waals surface area contributed by atoms with E-state index in [-0.39, 0.29) is 6.54 Å². The van der Waals surface area contributed by atoms with E-state index >= 15 is 0 Å². The summed E-state index contributed by atoms with van der Waals surface area (Å²) in [6.07, 6.45) is -2.94. The molecule has 2 rings (SSSR count). The quantitative estimate of drug-likeness (QED) is 0.907. The Bertz CT molecular complexity index is 626. The molecule has 112 valence electrons. The van der Waals surface area contributed by atoms with Gasteiger partial charge in [0.25, 0.3) is 0 Å². The van der Waals surface area contributed by atoms with Gasteiger partial charge in [-0.3, -0.25) is 0 Å². The second kappa shape index (κ2) is 5.99. The fraction of sp³-hybridized carbons (Fsp3) is 0.286. The monoisotopic (exact) mass is 296 g/mol. The normalized spacial score (nSPS) is 11.3. The summed E-state index contributed by atoms with van der Waals surface area (Å²) < 4.78 is 37.9. The highest BCUT2D eigenvalue weighted by Crippen LogP contribution is 2.29. The molecule has 0 unspecified atom stereocenters.